The maximum atomic E-state index is 9.87. The van der Waals surface area contributed by atoms with Crippen LogP contribution >= 0.6 is 0 Å². The smallest absolute Gasteiger partial charge is 0.145 e. The molecule has 0 aromatic heterocycles. The molecule has 0 fully saturated rings. The Kier molecular flexibility index (Phi) is 27.3. The van der Waals surface area contributed by atoms with Crippen LogP contribution in [-0.2, 0) is 28.5 Å². The molecule has 22 heavy (non-hydrogen) atoms. The molecule has 0 rings (SSSR count). The third-order valence-corrected chi connectivity index (χ3v) is 1.98. The number of hydrogen-bond donors (Lipinski definition) is 2. The van der Waals surface area contributed by atoms with Crippen molar-refractivity contribution in [3.63, 3.8) is 0 Å². The van der Waals surface area contributed by atoms with Gasteiger partial charge in [-0.2, -0.15) is 0 Å². The average molecular weight is 326 g/mol. The molecule has 8 nitrogen and oxygen atoms in total. The van der Waals surface area contributed by atoms with Crippen molar-refractivity contribution < 1.29 is 38.7 Å². The van der Waals surface area contributed by atoms with Gasteiger partial charge in [0, 0.05) is 6.61 Å². The number of rotatable bonds is 16. The molecule has 0 atom stereocenters. The fourth-order valence-electron chi connectivity index (χ4n) is 1.06. The average Bonchev–Trinajstić information content (AvgIpc) is 2.54. The maximum absolute atomic E-state index is 9.87. The van der Waals surface area contributed by atoms with Gasteiger partial charge in [0.1, 0.15) is 12.9 Å². The van der Waals surface area contributed by atoms with Crippen LogP contribution in [0, 0.1) is 0 Å². The van der Waals surface area contributed by atoms with E-state index in [0.29, 0.717) is 65.7 Å². The van der Waals surface area contributed by atoms with E-state index in [2.05, 4.69) is 0 Å². The van der Waals surface area contributed by atoms with Crippen LogP contribution in [0.1, 0.15) is 6.92 Å². The Morgan fingerprint density at radius 3 is 1.45 bits per heavy atom. The van der Waals surface area contributed by atoms with Gasteiger partial charge in [-0.05, 0) is 6.92 Å². The number of carbonyl (C=O) groups is 1. The van der Waals surface area contributed by atoms with Crippen LogP contribution in [0.15, 0.2) is 0 Å². The van der Waals surface area contributed by atoms with Crippen molar-refractivity contribution in [2.45, 2.75) is 6.92 Å². The Morgan fingerprint density at radius 2 is 1.09 bits per heavy atom. The lowest BCUT2D eigenvalue weighted by Crippen LogP contribution is -2.12. The highest BCUT2D eigenvalue weighted by Crippen LogP contribution is 1.82. The molecule has 0 spiro atoms. The van der Waals surface area contributed by atoms with Crippen molar-refractivity contribution in [2.24, 2.45) is 0 Å². The molecule has 0 amide bonds. The van der Waals surface area contributed by atoms with E-state index >= 15 is 0 Å². The van der Waals surface area contributed by atoms with Gasteiger partial charge >= 0.3 is 0 Å². The molecule has 0 aliphatic rings. The van der Waals surface area contributed by atoms with Crippen LogP contribution in [0.5, 0.6) is 0 Å². The number of aldehydes is 1. The van der Waals surface area contributed by atoms with Crippen LogP contribution < -0.4 is 0 Å². The van der Waals surface area contributed by atoms with Crippen molar-refractivity contribution >= 4 is 6.29 Å². The van der Waals surface area contributed by atoms with Crippen molar-refractivity contribution in [3.05, 3.63) is 0 Å². The summed E-state index contributed by atoms with van der Waals surface area (Å²) in [4.78, 5) is 9.87. The van der Waals surface area contributed by atoms with E-state index in [1.54, 1.807) is 0 Å². The summed E-state index contributed by atoms with van der Waals surface area (Å²) in [5.41, 5.74) is 0. The first-order valence-corrected chi connectivity index (χ1v) is 7.37. The standard InChI is InChI=1S/C10H20O6.C4H10O2/c11-1-3-13-5-7-15-9-10-16-8-6-14-4-2-12;1-2-6-4-3-5/h1,12H,2-10H2;5H,2-4H2,1H3. The summed E-state index contributed by atoms with van der Waals surface area (Å²) in [6.45, 7) is 6.51. The topological polar surface area (TPSA) is 104 Å². The molecule has 0 saturated carbocycles. The Balaban J connectivity index is 0. The minimum atomic E-state index is 0.0316. The molecule has 8 heteroatoms. The summed E-state index contributed by atoms with van der Waals surface area (Å²) in [6.07, 6.45) is 0.704. The van der Waals surface area contributed by atoms with Gasteiger partial charge in [0.05, 0.1) is 66.1 Å². The van der Waals surface area contributed by atoms with E-state index in [1.807, 2.05) is 6.92 Å². The summed E-state index contributed by atoms with van der Waals surface area (Å²) in [7, 11) is 0. The quantitative estimate of drug-likeness (QED) is 0.282. The first-order chi connectivity index (χ1) is 10.8. The number of hydrogen-bond acceptors (Lipinski definition) is 8. The third kappa shape index (κ3) is 27.7. The molecule has 0 radical (unpaired) electrons. The Morgan fingerprint density at radius 1 is 0.682 bits per heavy atom. The van der Waals surface area contributed by atoms with Crippen molar-refractivity contribution in [1.82, 2.24) is 0 Å². The molecule has 0 bridgehead atoms. The zero-order valence-corrected chi connectivity index (χ0v) is 13.4. The molecular weight excluding hydrogens is 296 g/mol. The molecule has 0 aliphatic heterocycles. The lowest BCUT2D eigenvalue weighted by atomic mass is 10.7. The number of carbonyl (C=O) groups excluding carboxylic acids is 1. The molecule has 0 unspecified atom stereocenters. The van der Waals surface area contributed by atoms with E-state index in [-0.39, 0.29) is 19.8 Å². The molecule has 0 aliphatic carbocycles. The van der Waals surface area contributed by atoms with Gasteiger partial charge < -0.3 is 38.7 Å². The van der Waals surface area contributed by atoms with E-state index in [9.17, 15) is 4.79 Å². The minimum absolute atomic E-state index is 0.0316. The van der Waals surface area contributed by atoms with Crippen molar-refractivity contribution in [1.29, 1.82) is 0 Å². The van der Waals surface area contributed by atoms with E-state index in [4.69, 9.17) is 33.9 Å². The fraction of sp³-hybridized carbons (Fsp3) is 0.929. The van der Waals surface area contributed by atoms with Gasteiger partial charge in [0.15, 0.2) is 0 Å². The number of aliphatic hydroxyl groups is 2. The molecule has 134 valence electrons. The molecular formula is C14H30O8. The highest BCUT2D eigenvalue weighted by Gasteiger charge is 1.91. The lowest BCUT2D eigenvalue weighted by Gasteiger charge is -2.06. The van der Waals surface area contributed by atoms with Gasteiger partial charge in [-0.3, -0.25) is 0 Å². The van der Waals surface area contributed by atoms with Gasteiger partial charge in [0.25, 0.3) is 0 Å². The summed E-state index contributed by atoms with van der Waals surface area (Å²) in [5.74, 6) is 0. The Hall–Kier alpha value is -0.610. The number of ether oxygens (including phenoxy) is 5. The van der Waals surface area contributed by atoms with Crippen LogP contribution in [0.25, 0.3) is 0 Å². The van der Waals surface area contributed by atoms with Gasteiger partial charge in [-0.25, -0.2) is 0 Å². The van der Waals surface area contributed by atoms with Crippen LogP contribution in [-0.4, -0.2) is 95.8 Å². The molecule has 0 aromatic rings. The highest BCUT2D eigenvalue weighted by atomic mass is 16.6. The zero-order valence-electron chi connectivity index (χ0n) is 13.4. The lowest BCUT2D eigenvalue weighted by molar-refractivity contribution is -0.112. The van der Waals surface area contributed by atoms with Crippen LogP contribution in [0.2, 0.25) is 0 Å². The molecule has 0 heterocycles. The summed E-state index contributed by atoms with van der Waals surface area (Å²) >= 11 is 0. The molecule has 2 N–H and O–H groups in total. The first kappa shape index (κ1) is 23.7. The zero-order chi connectivity index (χ0) is 16.7. The van der Waals surface area contributed by atoms with Gasteiger partial charge in [-0.15, -0.1) is 0 Å². The highest BCUT2D eigenvalue weighted by molar-refractivity contribution is 5.50. The van der Waals surface area contributed by atoms with E-state index in [0.717, 1.165) is 0 Å². The molecule has 0 aromatic carbocycles. The monoisotopic (exact) mass is 326 g/mol. The predicted octanol–water partition coefficient (Wildman–Crippen LogP) is -0.741. The van der Waals surface area contributed by atoms with Crippen LogP contribution in [0.4, 0.5) is 0 Å². The number of aliphatic hydroxyl groups excluding tert-OH is 2. The first-order valence-electron chi connectivity index (χ1n) is 7.37. The van der Waals surface area contributed by atoms with Crippen LogP contribution in [0.3, 0.4) is 0 Å². The van der Waals surface area contributed by atoms with E-state index in [1.165, 1.54) is 0 Å². The summed E-state index contributed by atoms with van der Waals surface area (Å²) < 4.78 is 24.9. The second-order valence-electron chi connectivity index (χ2n) is 3.72. The Labute approximate surface area is 132 Å². The SMILES string of the molecule is CCOCCO.O=CCOCCOCCOCCOCCO. The van der Waals surface area contributed by atoms with Crippen molar-refractivity contribution in [2.75, 3.05) is 79.3 Å². The minimum Gasteiger partial charge on any atom is -0.394 e. The Bertz CT molecular complexity index is 188. The fourth-order valence-corrected chi connectivity index (χ4v) is 1.06. The van der Waals surface area contributed by atoms with Gasteiger partial charge in [-0.1, -0.05) is 0 Å². The van der Waals surface area contributed by atoms with E-state index < -0.39 is 0 Å². The second kappa shape index (κ2) is 25.3. The second-order valence-corrected chi connectivity index (χ2v) is 3.72. The largest absolute Gasteiger partial charge is 0.394 e. The third-order valence-electron chi connectivity index (χ3n) is 1.98. The maximum Gasteiger partial charge on any atom is 0.145 e. The normalized spacial score (nSPS) is 10.1. The molecule has 0 saturated heterocycles. The summed E-state index contributed by atoms with van der Waals surface area (Å²) in [6, 6.07) is 0. The van der Waals surface area contributed by atoms with Gasteiger partial charge in [0.2, 0.25) is 0 Å². The summed E-state index contributed by atoms with van der Waals surface area (Å²) in [5, 5.41) is 16.5. The van der Waals surface area contributed by atoms with Crippen molar-refractivity contribution in [3.8, 4) is 0 Å². The predicted molar refractivity (Wildman–Crippen MR) is 80.0 cm³/mol.